The van der Waals surface area contributed by atoms with Gasteiger partial charge in [-0.25, -0.2) is 0 Å². The Balaban J connectivity index is 2.33. The number of benzene rings is 1. The molecule has 1 aromatic heterocycles. The van der Waals surface area contributed by atoms with Crippen LogP contribution in [0, 0.1) is 0 Å². The third-order valence-electron chi connectivity index (χ3n) is 2.72. The van der Waals surface area contributed by atoms with E-state index in [0.717, 1.165) is 6.07 Å². The van der Waals surface area contributed by atoms with Crippen LogP contribution in [-0.4, -0.2) is 5.91 Å². The van der Waals surface area contributed by atoms with Gasteiger partial charge in [-0.05, 0) is 24.3 Å². The molecule has 0 spiro atoms. The van der Waals surface area contributed by atoms with E-state index in [4.69, 9.17) is 11.6 Å². The fourth-order valence-electron chi connectivity index (χ4n) is 1.68. The van der Waals surface area contributed by atoms with E-state index in [9.17, 15) is 31.1 Å². The minimum Gasteiger partial charge on any atom is -0.459 e. The molecule has 23 heavy (non-hydrogen) atoms. The zero-order chi connectivity index (χ0) is 17.4. The van der Waals surface area contributed by atoms with Crippen molar-refractivity contribution >= 4 is 23.2 Å². The summed E-state index contributed by atoms with van der Waals surface area (Å²) in [6.45, 7) is 0. The molecule has 0 aliphatic rings. The van der Waals surface area contributed by atoms with Crippen molar-refractivity contribution in [2.45, 2.75) is 12.4 Å². The Kier molecular flexibility index (Phi) is 4.34. The van der Waals surface area contributed by atoms with Crippen LogP contribution in [0.25, 0.3) is 0 Å². The van der Waals surface area contributed by atoms with Crippen molar-refractivity contribution < 1.29 is 35.6 Å². The molecule has 0 fully saturated rings. The molecule has 3 nitrogen and oxygen atoms in total. The molecule has 0 saturated carbocycles. The Morgan fingerprint density at radius 2 is 1.70 bits per heavy atom. The van der Waals surface area contributed by atoms with Crippen molar-refractivity contribution in [3.63, 3.8) is 0 Å². The summed E-state index contributed by atoms with van der Waals surface area (Å²) in [4.78, 5) is 11.8. The summed E-state index contributed by atoms with van der Waals surface area (Å²) < 4.78 is 80.3. The first-order chi connectivity index (χ1) is 10.5. The van der Waals surface area contributed by atoms with E-state index in [1.54, 1.807) is 0 Å². The van der Waals surface area contributed by atoms with Gasteiger partial charge in [0.05, 0.1) is 22.5 Å². The first kappa shape index (κ1) is 17.2. The van der Waals surface area contributed by atoms with Gasteiger partial charge >= 0.3 is 12.4 Å². The lowest BCUT2D eigenvalue weighted by molar-refractivity contribution is -0.138. The molecule has 0 unspecified atom stereocenters. The van der Waals surface area contributed by atoms with E-state index in [1.807, 2.05) is 5.32 Å². The maximum atomic E-state index is 12.7. The van der Waals surface area contributed by atoms with Gasteiger partial charge in [-0.15, -0.1) is 0 Å². The second-order valence-corrected chi connectivity index (χ2v) is 4.71. The largest absolute Gasteiger partial charge is 0.459 e. The molecule has 0 radical (unpaired) electrons. The van der Waals surface area contributed by atoms with Gasteiger partial charge in [0, 0.05) is 0 Å². The molecular formula is C13H6ClF6NO2. The highest BCUT2D eigenvalue weighted by Gasteiger charge is 2.38. The molecule has 1 amide bonds. The van der Waals surface area contributed by atoms with E-state index in [-0.39, 0.29) is 5.02 Å². The topological polar surface area (TPSA) is 42.2 Å². The van der Waals surface area contributed by atoms with Crippen molar-refractivity contribution in [3.8, 4) is 0 Å². The van der Waals surface area contributed by atoms with Gasteiger partial charge < -0.3 is 9.73 Å². The van der Waals surface area contributed by atoms with Gasteiger partial charge in [0.1, 0.15) is 5.56 Å². The van der Waals surface area contributed by atoms with Crippen LogP contribution in [0.1, 0.15) is 21.7 Å². The Labute approximate surface area is 129 Å². The highest BCUT2D eigenvalue weighted by Crippen LogP contribution is 2.35. The molecule has 0 aliphatic carbocycles. The summed E-state index contributed by atoms with van der Waals surface area (Å²) in [6, 6.07) is 2.58. The molecule has 124 valence electrons. The van der Waals surface area contributed by atoms with Crippen LogP contribution < -0.4 is 5.32 Å². The number of hydrogen-bond donors (Lipinski definition) is 1. The van der Waals surface area contributed by atoms with E-state index in [1.165, 1.54) is 0 Å². The second-order valence-electron chi connectivity index (χ2n) is 4.31. The summed E-state index contributed by atoms with van der Waals surface area (Å²) in [5, 5.41) is 1.60. The molecule has 2 rings (SSSR count). The smallest absolute Gasteiger partial charge is 0.420 e. The fraction of sp³-hybridized carbons (Fsp3) is 0.154. The van der Waals surface area contributed by atoms with Crippen LogP contribution >= 0.6 is 11.6 Å². The average Bonchev–Trinajstić information content (AvgIpc) is 2.89. The zero-order valence-electron chi connectivity index (χ0n) is 10.8. The van der Waals surface area contributed by atoms with Gasteiger partial charge in [0.15, 0.2) is 0 Å². The van der Waals surface area contributed by atoms with Crippen molar-refractivity contribution in [1.82, 2.24) is 0 Å². The molecule has 0 atom stereocenters. The average molecular weight is 358 g/mol. The summed E-state index contributed by atoms with van der Waals surface area (Å²) >= 11 is 5.65. The molecule has 0 bridgehead atoms. The van der Waals surface area contributed by atoms with Crippen LogP contribution in [0.4, 0.5) is 32.0 Å². The Hall–Kier alpha value is -2.16. The molecule has 1 aromatic carbocycles. The van der Waals surface area contributed by atoms with Crippen molar-refractivity contribution in [2.24, 2.45) is 0 Å². The lowest BCUT2D eigenvalue weighted by atomic mass is 10.2. The number of halogens is 7. The van der Waals surface area contributed by atoms with Crippen molar-refractivity contribution in [1.29, 1.82) is 0 Å². The number of rotatable bonds is 2. The summed E-state index contributed by atoms with van der Waals surface area (Å²) in [7, 11) is 0. The fourth-order valence-corrected chi connectivity index (χ4v) is 1.85. The second kappa shape index (κ2) is 5.80. The van der Waals surface area contributed by atoms with E-state index in [2.05, 4.69) is 4.42 Å². The van der Waals surface area contributed by atoms with Crippen LogP contribution in [0.5, 0.6) is 0 Å². The number of carbonyl (C=O) groups is 1. The highest BCUT2D eigenvalue weighted by atomic mass is 35.5. The lowest BCUT2D eigenvalue weighted by Gasteiger charge is -2.12. The van der Waals surface area contributed by atoms with Crippen molar-refractivity contribution in [2.75, 3.05) is 5.32 Å². The minimum absolute atomic E-state index is 0.272. The normalized spacial score (nSPS) is 12.3. The van der Waals surface area contributed by atoms with Crippen LogP contribution in [0.3, 0.4) is 0 Å². The number of furan rings is 1. The molecule has 1 heterocycles. The van der Waals surface area contributed by atoms with Crippen molar-refractivity contribution in [3.05, 3.63) is 52.4 Å². The first-order valence-electron chi connectivity index (χ1n) is 5.83. The van der Waals surface area contributed by atoms with Gasteiger partial charge in [0.2, 0.25) is 5.76 Å². The number of nitrogens with one attached hydrogen (secondary N) is 1. The third kappa shape index (κ3) is 3.79. The molecule has 10 heteroatoms. The molecule has 1 N–H and O–H groups in total. The number of carbonyl (C=O) groups excluding carboxylic acids is 1. The Morgan fingerprint density at radius 1 is 1.04 bits per heavy atom. The number of alkyl halides is 6. The van der Waals surface area contributed by atoms with Crippen LogP contribution in [0.2, 0.25) is 5.02 Å². The monoisotopic (exact) mass is 357 g/mol. The standard InChI is InChI=1S/C13H6ClF6NO2/c14-8-2-1-6(12(15,16)17)5-9(8)21-11(22)10-7(3-4-23-10)13(18,19)20/h1-5H,(H,21,22). The van der Waals surface area contributed by atoms with Gasteiger partial charge in [-0.3, -0.25) is 4.79 Å². The Morgan fingerprint density at radius 3 is 2.26 bits per heavy atom. The van der Waals surface area contributed by atoms with Gasteiger partial charge in [-0.2, -0.15) is 26.3 Å². The number of anilines is 1. The predicted octanol–water partition coefficient (Wildman–Crippen LogP) is 5.22. The number of hydrogen-bond acceptors (Lipinski definition) is 2. The van der Waals surface area contributed by atoms with Gasteiger partial charge in [0.25, 0.3) is 5.91 Å². The summed E-state index contributed by atoms with van der Waals surface area (Å²) in [6.07, 6.45) is -8.91. The quantitative estimate of drug-likeness (QED) is 0.748. The SMILES string of the molecule is O=C(Nc1cc(C(F)(F)F)ccc1Cl)c1occc1C(F)(F)F. The Bertz CT molecular complexity index is 735. The number of amides is 1. The molecule has 0 saturated heterocycles. The van der Waals surface area contributed by atoms with E-state index < -0.39 is 40.8 Å². The molecule has 2 aromatic rings. The van der Waals surface area contributed by atoms with Crippen LogP contribution in [-0.2, 0) is 12.4 Å². The third-order valence-corrected chi connectivity index (χ3v) is 3.05. The van der Waals surface area contributed by atoms with E-state index >= 15 is 0 Å². The van der Waals surface area contributed by atoms with E-state index in [0.29, 0.717) is 24.5 Å². The highest BCUT2D eigenvalue weighted by molar-refractivity contribution is 6.33. The lowest BCUT2D eigenvalue weighted by Crippen LogP contribution is -2.17. The first-order valence-corrected chi connectivity index (χ1v) is 6.20. The maximum absolute atomic E-state index is 12.7. The summed E-state index contributed by atoms with van der Waals surface area (Å²) in [5.74, 6) is -2.45. The zero-order valence-corrected chi connectivity index (χ0v) is 11.6. The van der Waals surface area contributed by atoms with Gasteiger partial charge in [-0.1, -0.05) is 11.6 Å². The van der Waals surface area contributed by atoms with Crippen LogP contribution in [0.15, 0.2) is 34.9 Å². The summed E-state index contributed by atoms with van der Waals surface area (Å²) in [5.41, 5.74) is -2.96. The molecular weight excluding hydrogens is 352 g/mol. The predicted molar refractivity (Wildman–Crippen MR) is 68.1 cm³/mol. The molecule has 0 aliphatic heterocycles. The minimum atomic E-state index is -4.85. The maximum Gasteiger partial charge on any atom is 0.420 e.